The monoisotopic (exact) mass is 342 g/mol. The standard InChI is InChI=1S/C23H19FN2/c24-20-12-7-13-22(16-20)26-23(19-10-5-2-6-11-19)17-21(25-26)15-14-18-8-3-1-4-9-18/h1-16,23H,17H2/b15-14-/t23-/m0/s1. The molecule has 0 unspecified atom stereocenters. The maximum Gasteiger partial charge on any atom is 0.125 e. The number of halogens is 1. The van der Waals surface area contributed by atoms with Crippen LogP contribution in [0.2, 0.25) is 0 Å². The van der Waals surface area contributed by atoms with Crippen molar-refractivity contribution in [1.82, 2.24) is 0 Å². The molecule has 2 nitrogen and oxygen atoms in total. The highest BCUT2D eigenvalue weighted by Crippen LogP contribution is 2.35. The van der Waals surface area contributed by atoms with Gasteiger partial charge in [-0.15, -0.1) is 0 Å². The second-order valence-corrected chi connectivity index (χ2v) is 6.29. The van der Waals surface area contributed by atoms with E-state index >= 15 is 0 Å². The van der Waals surface area contributed by atoms with Crippen molar-refractivity contribution >= 4 is 17.5 Å². The van der Waals surface area contributed by atoms with E-state index in [1.54, 1.807) is 6.07 Å². The molecular formula is C23H19FN2. The van der Waals surface area contributed by atoms with E-state index in [0.717, 1.165) is 23.4 Å². The molecule has 0 aromatic heterocycles. The highest BCUT2D eigenvalue weighted by atomic mass is 19.1. The van der Waals surface area contributed by atoms with Gasteiger partial charge in [0.2, 0.25) is 0 Å². The van der Waals surface area contributed by atoms with E-state index in [1.807, 2.05) is 53.5 Å². The summed E-state index contributed by atoms with van der Waals surface area (Å²) < 4.78 is 13.7. The molecule has 4 rings (SSSR count). The Bertz CT molecular complexity index is 933. The van der Waals surface area contributed by atoms with Crippen LogP contribution in [-0.4, -0.2) is 5.71 Å². The smallest absolute Gasteiger partial charge is 0.125 e. The molecule has 0 saturated heterocycles. The second-order valence-electron chi connectivity index (χ2n) is 6.29. The Morgan fingerprint density at radius 2 is 1.58 bits per heavy atom. The van der Waals surface area contributed by atoms with Crippen LogP contribution < -0.4 is 5.01 Å². The summed E-state index contributed by atoms with van der Waals surface area (Å²) in [5, 5.41) is 6.69. The second kappa shape index (κ2) is 7.36. The molecule has 0 bridgehead atoms. The van der Waals surface area contributed by atoms with Crippen LogP contribution in [-0.2, 0) is 0 Å². The third-order valence-electron chi connectivity index (χ3n) is 4.46. The van der Waals surface area contributed by atoms with E-state index in [-0.39, 0.29) is 11.9 Å². The Morgan fingerprint density at radius 3 is 2.31 bits per heavy atom. The van der Waals surface area contributed by atoms with E-state index in [4.69, 9.17) is 5.10 Å². The first kappa shape index (κ1) is 16.3. The van der Waals surface area contributed by atoms with Crippen LogP contribution in [0.1, 0.15) is 23.6 Å². The van der Waals surface area contributed by atoms with Gasteiger partial charge in [0.15, 0.2) is 0 Å². The van der Waals surface area contributed by atoms with Gasteiger partial charge in [0, 0.05) is 6.42 Å². The number of allylic oxidation sites excluding steroid dienone is 1. The molecule has 1 aliphatic heterocycles. The molecule has 0 radical (unpaired) electrons. The van der Waals surface area contributed by atoms with Crippen LogP contribution in [0.4, 0.5) is 10.1 Å². The van der Waals surface area contributed by atoms with Gasteiger partial charge in [0.05, 0.1) is 17.4 Å². The van der Waals surface area contributed by atoms with E-state index in [2.05, 4.69) is 30.3 Å². The Morgan fingerprint density at radius 1 is 0.846 bits per heavy atom. The van der Waals surface area contributed by atoms with Gasteiger partial charge in [-0.05, 0) is 35.4 Å². The molecular weight excluding hydrogens is 323 g/mol. The average Bonchev–Trinajstić information content (AvgIpc) is 3.12. The predicted molar refractivity (Wildman–Crippen MR) is 106 cm³/mol. The number of nitrogens with zero attached hydrogens (tertiary/aromatic N) is 2. The molecule has 26 heavy (non-hydrogen) atoms. The summed E-state index contributed by atoms with van der Waals surface area (Å²) in [5.74, 6) is -0.252. The van der Waals surface area contributed by atoms with Gasteiger partial charge < -0.3 is 0 Å². The molecule has 3 aromatic carbocycles. The predicted octanol–water partition coefficient (Wildman–Crippen LogP) is 5.85. The fourth-order valence-electron chi connectivity index (χ4n) is 3.18. The minimum Gasteiger partial charge on any atom is -0.257 e. The highest BCUT2D eigenvalue weighted by Gasteiger charge is 2.28. The lowest BCUT2D eigenvalue weighted by molar-refractivity contribution is 0.624. The number of hydrogen-bond donors (Lipinski definition) is 0. The number of hydrazone groups is 1. The summed E-state index contributed by atoms with van der Waals surface area (Å²) in [4.78, 5) is 0. The molecule has 0 fully saturated rings. The molecule has 128 valence electrons. The van der Waals surface area contributed by atoms with Crippen molar-refractivity contribution in [2.45, 2.75) is 12.5 Å². The zero-order valence-corrected chi connectivity index (χ0v) is 14.3. The molecule has 1 heterocycles. The zero-order valence-electron chi connectivity index (χ0n) is 14.3. The normalized spacial score (nSPS) is 16.9. The van der Waals surface area contributed by atoms with Crippen LogP contribution in [0, 0.1) is 5.82 Å². The van der Waals surface area contributed by atoms with Gasteiger partial charge in [0.25, 0.3) is 0 Å². The summed E-state index contributed by atoms with van der Waals surface area (Å²) in [5.41, 5.74) is 4.05. The third-order valence-corrected chi connectivity index (χ3v) is 4.46. The molecule has 0 aliphatic carbocycles. The fourth-order valence-corrected chi connectivity index (χ4v) is 3.18. The fraction of sp³-hybridized carbons (Fsp3) is 0.0870. The first-order valence-electron chi connectivity index (χ1n) is 8.70. The lowest BCUT2D eigenvalue weighted by atomic mass is 10.0. The van der Waals surface area contributed by atoms with Gasteiger partial charge in [-0.2, -0.15) is 5.10 Å². The molecule has 0 amide bonds. The van der Waals surface area contributed by atoms with E-state index < -0.39 is 0 Å². The van der Waals surface area contributed by atoms with Gasteiger partial charge in [-0.3, -0.25) is 5.01 Å². The first-order chi connectivity index (χ1) is 12.8. The Kier molecular flexibility index (Phi) is 4.61. The van der Waals surface area contributed by atoms with Crippen molar-refractivity contribution in [2.75, 3.05) is 5.01 Å². The number of anilines is 1. The molecule has 1 aliphatic rings. The molecule has 3 aromatic rings. The van der Waals surface area contributed by atoms with Crippen molar-refractivity contribution < 1.29 is 4.39 Å². The Hall–Kier alpha value is -3.20. The maximum atomic E-state index is 13.7. The molecule has 0 saturated carbocycles. The summed E-state index contributed by atoms with van der Waals surface area (Å²) in [6.45, 7) is 0. The molecule has 0 N–H and O–H groups in total. The minimum atomic E-state index is -0.252. The van der Waals surface area contributed by atoms with Crippen molar-refractivity contribution in [3.63, 3.8) is 0 Å². The average molecular weight is 342 g/mol. The van der Waals surface area contributed by atoms with E-state index in [0.29, 0.717) is 0 Å². The summed E-state index contributed by atoms with van der Waals surface area (Å²) >= 11 is 0. The van der Waals surface area contributed by atoms with Gasteiger partial charge in [-0.1, -0.05) is 72.8 Å². The SMILES string of the molecule is Fc1cccc(N2N=C(/C=C\c3ccccc3)C[C@H]2c2ccccc2)c1. The van der Waals surface area contributed by atoms with Gasteiger partial charge in [0.1, 0.15) is 5.82 Å². The lowest BCUT2D eigenvalue weighted by Gasteiger charge is -2.24. The minimum absolute atomic E-state index is 0.0634. The van der Waals surface area contributed by atoms with Crippen LogP contribution in [0.25, 0.3) is 6.08 Å². The van der Waals surface area contributed by atoms with Gasteiger partial charge >= 0.3 is 0 Å². The van der Waals surface area contributed by atoms with Crippen LogP contribution >= 0.6 is 0 Å². The van der Waals surface area contributed by atoms with Crippen LogP contribution in [0.15, 0.2) is 96.1 Å². The zero-order chi connectivity index (χ0) is 17.8. The number of benzene rings is 3. The third kappa shape index (κ3) is 3.57. The largest absolute Gasteiger partial charge is 0.257 e. The Balaban J connectivity index is 1.66. The van der Waals surface area contributed by atoms with Crippen LogP contribution in [0.5, 0.6) is 0 Å². The van der Waals surface area contributed by atoms with Crippen LogP contribution in [0.3, 0.4) is 0 Å². The summed E-state index contributed by atoms with van der Waals surface area (Å²) in [6, 6.07) is 27.1. The van der Waals surface area contributed by atoms with E-state index in [9.17, 15) is 4.39 Å². The lowest BCUT2D eigenvalue weighted by Crippen LogP contribution is -2.18. The van der Waals surface area contributed by atoms with Gasteiger partial charge in [-0.25, -0.2) is 4.39 Å². The summed E-state index contributed by atoms with van der Waals surface area (Å²) in [7, 11) is 0. The number of rotatable bonds is 4. The molecule has 3 heteroatoms. The molecule has 1 atom stereocenters. The summed E-state index contributed by atoms with van der Waals surface area (Å²) in [6.07, 6.45) is 4.89. The quantitative estimate of drug-likeness (QED) is 0.581. The van der Waals surface area contributed by atoms with Crippen molar-refractivity contribution in [1.29, 1.82) is 0 Å². The molecule has 0 spiro atoms. The van der Waals surface area contributed by atoms with Crippen molar-refractivity contribution in [2.24, 2.45) is 5.10 Å². The highest BCUT2D eigenvalue weighted by molar-refractivity contribution is 6.01. The number of hydrogen-bond acceptors (Lipinski definition) is 2. The van der Waals surface area contributed by atoms with Crippen molar-refractivity contribution in [3.05, 3.63) is 108 Å². The Labute approximate surface area is 152 Å². The van der Waals surface area contributed by atoms with E-state index in [1.165, 1.54) is 17.7 Å². The topological polar surface area (TPSA) is 15.6 Å². The maximum absolute atomic E-state index is 13.7. The first-order valence-corrected chi connectivity index (χ1v) is 8.70. The van der Waals surface area contributed by atoms with Crippen molar-refractivity contribution in [3.8, 4) is 0 Å².